The highest BCUT2D eigenvalue weighted by atomic mass is 19.3. The van der Waals surface area contributed by atoms with Crippen LogP contribution in [0.2, 0.25) is 0 Å². The van der Waals surface area contributed by atoms with E-state index in [1.54, 1.807) is 6.92 Å². The van der Waals surface area contributed by atoms with Crippen LogP contribution in [-0.2, 0) is 14.3 Å². The molecule has 0 aromatic rings. The maximum atomic E-state index is 14.4. The van der Waals surface area contributed by atoms with Crippen molar-refractivity contribution in [2.45, 2.75) is 44.4 Å². The molecule has 3 atom stereocenters. The fourth-order valence-electron chi connectivity index (χ4n) is 2.55. The Hall–Kier alpha value is -1.74. The van der Waals surface area contributed by atoms with Crippen LogP contribution in [0.1, 0.15) is 26.7 Å². The van der Waals surface area contributed by atoms with Gasteiger partial charge in [0.2, 0.25) is 12.1 Å². The van der Waals surface area contributed by atoms with E-state index in [-0.39, 0.29) is 6.42 Å². The van der Waals surface area contributed by atoms with Crippen molar-refractivity contribution in [2.75, 3.05) is 0 Å². The topological polar surface area (TPSA) is 46.6 Å². The molecule has 0 aliphatic carbocycles. The van der Waals surface area contributed by atoms with Crippen LogP contribution in [0.25, 0.3) is 0 Å². The molecule has 0 N–H and O–H groups in total. The summed E-state index contributed by atoms with van der Waals surface area (Å²) in [6.45, 7) is 2.97. The van der Waals surface area contributed by atoms with E-state index in [4.69, 9.17) is 11.2 Å². The maximum Gasteiger partial charge on any atom is 0.298 e. The summed E-state index contributed by atoms with van der Waals surface area (Å²) < 4.78 is 34.2. The van der Waals surface area contributed by atoms with Crippen molar-refractivity contribution in [3.05, 3.63) is 12.3 Å². The van der Waals surface area contributed by atoms with E-state index in [9.17, 15) is 18.4 Å². The fraction of sp³-hybridized carbons (Fsp3) is 0.571. The quantitative estimate of drug-likeness (QED) is 0.572. The van der Waals surface area contributed by atoms with Gasteiger partial charge in [-0.1, -0.05) is 19.8 Å². The molecular weight excluding hydrogens is 268 g/mol. The number of nitrogens with zero attached hydrogens (tertiary/aromatic N) is 1. The molecule has 2 rings (SSSR count). The first kappa shape index (κ1) is 14.7. The lowest BCUT2D eigenvalue weighted by atomic mass is 9.85. The first-order valence-electron chi connectivity index (χ1n) is 6.34. The zero-order valence-electron chi connectivity index (χ0n) is 11.2. The van der Waals surface area contributed by atoms with Gasteiger partial charge in [0, 0.05) is 6.20 Å². The number of ether oxygens (including phenoxy) is 1. The molecule has 4 nitrogen and oxygen atoms in total. The summed E-state index contributed by atoms with van der Waals surface area (Å²) in [4.78, 5) is 23.6. The standard InChI is InChI=1S/C14H15F2NO3/c1-4-13(5-2)9(3)14(15,16)12(20-13)17-7-6-10(18)8-11(17)19/h1,6-7,9,12H,5,8H2,2-3H3/t9-,12-,13-/m1/s1. The Bertz CT molecular complexity index is 523. The first-order chi connectivity index (χ1) is 9.28. The average molecular weight is 283 g/mol. The lowest BCUT2D eigenvalue weighted by molar-refractivity contribution is -0.170. The number of halogens is 2. The number of hydrogen-bond acceptors (Lipinski definition) is 3. The van der Waals surface area contributed by atoms with Gasteiger partial charge >= 0.3 is 0 Å². The van der Waals surface area contributed by atoms with Gasteiger partial charge in [-0.15, -0.1) is 6.42 Å². The van der Waals surface area contributed by atoms with Gasteiger partial charge in [0.05, 0.1) is 12.3 Å². The van der Waals surface area contributed by atoms with Crippen molar-refractivity contribution in [3.8, 4) is 12.3 Å². The number of rotatable bonds is 2. The van der Waals surface area contributed by atoms with Gasteiger partial charge in [-0.25, -0.2) is 8.78 Å². The predicted molar refractivity (Wildman–Crippen MR) is 66.4 cm³/mol. The van der Waals surface area contributed by atoms with Crippen molar-refractivity contribution < 1.29 is 23.1 Å². The molecule has 6 heteroatoms. The molecule has 1 amide bonds. The Morgan fingerprint density at radius 3 is 2.65 bits per heavy atom. The molecule has 0 saturated carbocycles. The molecule has 0 aromatic heterocycles. The highest BCUT2D eigenvalue weighted by molar-refractivity contribution is 6.06. The lowest BCUT2D eigenvalue weighted by Gasteiger charge is -2.31. The Morgan fingerprint density at radius 1 is 1.55 bits per heavy atom. The molecule has 0 spiro atoms. The van der Waals surface area contributed by atoms with Gasteiger partial charge in [-0.05, 0) is 12.5 Å². The number of allylic oxidation sites excluding steroid dienone is 1. The van der Waals surface area contributed by atoms with Crippen LogP contribution in [0.5, 0.6) is 0 Å². The Balaban J connectivity index is 2.39. The van der Waals surface area contributed by atoms with Crippen LogP contribution < -0.4 is 0 Å². The number of ketones is 1. The zero-order valence-corrected chi connectivity index (χ0v) is 11.2. The Labute approximate surface area is 115 Å². The van der Waals surface area contributed by atoms with Gasteiger partial charge in [0.15, 0.2) is 5.78 Å². The molecule has 2 aliphatic heterocycles. The third-order valence-corrected chi connectivity index (χ3v) is 3.98. The van der Waals surface area contributed by atoms with E-state index in [1.807, 2.05) is 0 Å². The van der Waals surface area contributed by atoms with Crippen molar-refractivity contribution in [2.24, 2.45) is 5.92 Å². The summed E-state index contributed by atoms with van der Waals surface area (Å²) in [6, 6.07) is 0. The number of carbonyl (C=O) groups excluding carboxylic acids is 2. The highest BCUT2D eigenvalue weighted by Crippen LogP contribution is 2.49. The molecular formula is C14H15F2NO3. The Kier molecular flexibility index (Phi) is 3.42. The summed E-state index contributed by atoms with van der Waals surface area (Å²) in [5.41, 5.74) is -1.41. The van der Waals surface area contributed by atoms with E-state index < -0.39 is 41.8 Å². The molecule has 1 saturated heterocycles. The van der Waals surface area contributed by atoms with E-state index in [2.05, 4.69) is 5.92 Å². The summed E-state index contributed by atoms with van der Waals surface area (Å²) in [5.74, 6) is -3.35. The summed E-state index contributed by atoms with van der Waals surface area (Å²) in [6.07, 6.45) is 5.49. The van der Waals surface area contributed by atoms with Crippen LogP contribution in [-0.4, -0.2) is 34.3 Å². The minimum atomic E-state index is -3.29. The predicted octanol–water partition coefficient (Wildman–Crippen LogP) is 1.71. The largest absolute Gasteiger partial charge is 0.332 e. The minimum absolute atomic E-state index is 0.210. The summed E-state index contributed by atoms with van der Waals surface area (Å²) >= 11 is 0. The minimum Gasteiger partial charge on any atom is -0.332 e. The molecule has 2 aliphatic rings. The van der Waals surface area contributed by atoms with Crippen LogP contribution in [0.15, 0.2) is 12.3 Å². The van der Waals surface area contributed by atoms with Gasteiger partial charge in [0.25, 0.3) is 5.92 Å². The van der Waals surface area contributed by atoms with E-state index in [0.717, 1.165) is 17.2 Å². The Morgan fingerprint density at radius 2 is 2.20 bits per heavy atom. The second-order valence-corrected chi connectivity index (χ2v) is 5.01. The lowest BCUT2D eigenvalue weighted by Crippen LogP contribution is -2.48. The highest BCUT2D eigenvalue weighted by Gasteiger charge is 2.65. The molecule has 0 unspecified atom stereocenters. The molecule has 1 fully saturated rings. The maximum absolute atomic E-state index is 14.4. The molecule has 108 valence electrons. The van der Waals surface area contributed by atoms with Crippen molar-refractivity contribution in [3.63, 3.8) is 0 Å². The molecule has 0 bridgehead atoms. The summed E-state index contributed by atoms with van der Waals surface area (Å²) in [5, 5.41) is 0. The van der Waals surface area contributed by atoms with Gasteiger partial charge in [0.1, 0.15) is 5.60 Å². The second kappa shape index (κ2) is 4.67. The number of amides is 1. The molecule has 2 heterocycles. The molecule has 0 aromatic carbocycles. The van der Waals surface area contributed by atoms with Crippen molar-refractivity contribution in [1.82, 2.24) is 4.90 Å². The fourth-order valence-corrected chi connectivity index (χ4v) is 2.55. The number of hydrogen-bond donors (Lipinski definition) is 0. The first-order valence-corrected chi connectivity index (χ1v) is 6.34. The summed E-state index contributed by atoms with van der Waals surface area (Å²) in [7, 11) is 0. The molecule has 20 heavy (non-hydrogen) atoms. The van der Waals surface area contributed by atoms with E-state index >= 15 is 0 Å². The zero-order chi connectivity index (χ0) is 15.1. The monoisotopic (exact) mass is 283 g/mol. The van der Waals surface area contributed by atoms with E-state index in [1.165, 1.54) is 6.92 Å². The average Bonchev–Trinajstić information content (AvgIpc) is 2.60. The molecule has 0 radical (unpaired) electrons. The number of alkyl halides is 2. The van der Waals surface area contributed by atoms with Gasteiger partial charge < -0.3 is 4.74 Å². The second-order valence-electron chi connectivity index (χ2n) is 5.01. The smallest absolute Gasteiger partial charge is 0.298 e. The number of carbonyl (C=O) groups is 2. The number of terminal acetylenes is 1. The van der Waals surface area contributed by atoms with Crippen LogP contribution in [0.3, 0.4) is 0 Å². The SMILES string of the molecule is C#C[C@]1(CC)O[C@@H](N2C=CC(=O)CC2=O)C(F)(F)[C@@H]1C. The van der Waals surface area contributed by atoms with Crippen LogP contribution in [0, 0.1) is 18.3 Å². The van der Waals surface area contributed by atoms with Gasteiger partial charge in [-0.2, -0.15) is 0 Å². The third-order valence-electron chi connectivity index (χ3n) is 3.98. The van der Waals surface area contributed by atoms with Crippen LogP contribution >= 0.6 is 0 Å². The van der Waals surface area contributed by atoms with E-state index in [0.29, 0.717) is 0 Å². The third kappa shape index (κ3) is 1.93. The van der Waals surface area contributed by atoms with Crippen LogP contribution in [0.4, 0.5) is 8.78 Å². The van der Waals surface area contributed by atoms with Crippen molar-refractivity contribution >= 4 is 11.7 Å². The van der Waals surface area contributed by atoms with Gasteiger partial charge in [-0.3, -0.25) is 14.5 Å². The van der Waals surface area contributed by atoms with Crippen molar-refractivity contribution in [1.29, 1.82) is 0 Å². The normalized spacial score (nSPS) is 36.2.